The van der Waals surface area contributed by atoms with Crippen LogP contribution in [0.5, 0.6) is 0 Å². The molecule has 0 unspecified atom stereocenters. The topological polar surface area (TPSA) is 26.3 Å². The van der Waals surface area contributed by atoms with Crippen LogP contribution in [0.4, 0.5) is 30.7 Å². The molecular formula is C5H3F7O2. The second-order valence-electron chi connectivity index (χ2n) is 2.14. The molecule has 0 aromatic heterocycles. The fraction of sp³-hybridized carbons (Fsp3) is 0.800. The molecule has 14 heavy (non-hydrogen) atoms. The molecule has 0 fully saturated rings. The van der Waals surface area contributed by atoms with E-state index in [4.69, 9.17) is 0 Å². The lowest BCUT2D eigenvalue weighted by Gasteiger charge is -2.28. The average Bonchev–Trinajstić information content (AvgIpc) is 2.03. The van der Waals surface area contributed by atoms with E-state index in [9.17, 15) is 35.5 Å². The van der Waals surface area contributed by atoms with E-state index in [1.54, 1.807) is 0 Å². The summed E-state index contributed by atoms with van der Waals surface area (Å²) in [6.45, 7) is -4.14. The molecular weight excluding hydrogens is 225 g/mol. The van der Waals surface area contributed by atoms with Crippen molar-refractivity contribution in [2.24, 2.45) is 0 Å². The fourth-order valence-corrected chi connectivity index (χ4v) is 0.431. The van der Waals surface area contributed by atoms with Crippen LogP contribution in [-0.2, 0) is 9.53 Å². The molecule has 0 saturated heterocycles. The summed E-state index contributed by atoms with van der Waals surface area (Å²) in [6.07, 6.45) is -5.76. The summed E-state index contributed by atoms with van der Waals surface area (Å²) in [5, 5.41) is 0. The van der Waals surface area contributed by atoms with Gasteiger partial charge in [0.25, 0.3) is 6.47 Å². The molecule has 84 valence electrons. The molecule has 0 spiro atoms. The van der Waals surface area contributed by atoms with Crippen molar-refractivity contribution in [1.29, 1.82) is 0 Å². The van der Waals surface area contributed by atoms with Crippen LogP contribution in [-0.4, -0.2) is 31.1 Å². The van der Waals surface area contributed by atoms with Gasteiger partial charge in [-0.05, 0) is 0 Å². The third-order valence-corrected chi connectivity index (χ3v) is 1.19. The smallest absolute Gasteiger partial charge is 0.398 e. The van der Waals surface area contributed by atoms with Crippen molar-refractivity contribution in [3.05, 3.63) is 0 Å². The van der Waals surface area contributed by atoms with Crippen molar-refractivity contribution in [1.82, 2.24) is 0 Å². The predicted molar refractivity (Wildman–Crippen MR) is 28.0 cm³/mol. The van der Waals surface area contributed by atoms with E-state index in [0.29, 0.717) is 0 Å². The van der Waals surface area contributed by atoms with E-state index < -0.39 is 31.1 Å². The van der Waals surface area contributed by atoms with E-state index in [1.165, 1.54) is 0 Å². The van der Waals surface area contributed by atoms with Crippen molar-refractivity contribution in [2.75, 3.05) is 6.67 Å². The van der Waals surface area contributed by atoms with Crippen LogP contribution >= 0.6 is 0 Å². The molecule has 0 radical (unpaired) electrons. The van der Waals surface area contributed by atoms with Crippen molar-refractivity contribution in [3.63, 3.8) is 0 Å². The summed E-state index contributed by atoms with van der Waals surface area (Å²) in [5.74, 6) is -11.7. The summed E-state index contributed by atoms with van der Waals surface area (Å²) < 4.78 is 86.1. The first-order chi connectivity index (χ1) is 6.12. The molecule has 0 aliphatic carbocycles. The summed E-state index contributed by atoms with van der Waals surface area (Å²) in [5.41, 5.74) is 0. The van der Waals surface area contributed by atoms with E-state index in [1.807, 2.05) is 0 Å². The highest BCUT2D eigenvalue weighted by molar-refractivity contribution is 5.38. The Morgan fingerprint density at radius 1 is 1.07 bits per heavy atom. The van der Waals surface area contributed by atoms with Crippen molar-refractivity contribution >= 4 is 6.47 Å². The molecule has 0 bridgehead atoms. The Morgan fingerprint density at radius 2 is 1.50 bits per heavy atom. The van der Waals surface area contributed by atoms with E-state index in [2.05, 4.69) is 4.74 Å². The van der Waals surface area contributed by atoms with Gasteiger partial charge in [-0.1, -0.05) is 0 Å². The molecule has 0 atom stereocenters. The summed E-state index contributed by atoms with van der Waals surface area (Å²) in [6, 6.07) is 0. The maximum atomic E-state index is 12.1. The lowest BCUT2D eigenvalue weighted by atomic mass is 10.2. The predicted octanol–water partition coefficient (Wildman–Crippen LogP) is 1.99. The van der Waals surface area contributed by atoms with Crippen LogP contribution in [0, 0.1) is 0 Å². The van der Waals surface area contributed by atoms with E-state index >= 15 is 0 Å². The highest BCUT2D eigenvalue weighted by Gasteiger charge is 2.74. The Kier molecular flexibility index (Phi) is 3.35. The van der Waals surface area contributed by atoms with Gasteiger partial charge in [-0.2, -0.15) is 26.3 Å². The van der Waals surface area contributed by atoms with Crippen LogP contribution in [0.2, 0.25) is 0 Å². The van der Waals surface area contributed by atoms with Gasteiger partial charge in [0.2, 0.25) is 0 Å². The van der Waals surface area contributed by atoms with Gasteiger partial charge in [0.1, 0.15) is 0 Å². The number of hydrogen-bond donors (Lipinski definition) is 0. The van der Waals surface area contributed by atoms with Gasteiger partial charge in [-0.3, -0.25) is 4.79 Å². The first kappa shape index (κ1) is 13.0. The number of ether oxygens (including phenoxy) is 1. The van der Waals surface area contributed by atoms with Crippen molar-refractivity contribution in [3.8, 4) is 0 Å². The summed E-state index contributed by atoms with van der Waals surface area (Å²) >= 11 is 0. The monoisotopic (exact) mass is 228 g/mol. The number of alkyl halides is 7. The number of hydrogen-bond acceptors (Lipinski definition) is 2. The zero-order valence-corrected chi connectivity index (χ0v) is 6.25. The fourth-order valence-electron chi connectivity index (χ4n) is 0.431. The second kappa shape index (κ2) is 3.62. The third kappa shape index (κ3) is 1.90. The van der Waals surface area contributed by atoms with Gasteiger partial charge in [0.05, 0.1) is 0 Å². The van der Waals surface area contributed by atoms with Crippen LogP contribution in [0.25, 0.3) is 0 Å². The van der Waals surface area contributed by atoms with Gasteiger partial charge in [-0.25, -0.2) is 4.39 Å². The normalized spacial score (nSPS) is 13.9. The van der Waals surface area contributed by atoms with Crippen molar-refractivity contribution < 1.29 is 40.3 Å². The Morgan fingerprint density at radius 3 is 1.79 bits per heavy atom. The maximum absolute atomic E-state index is 12.1. The summed E-state index contributed by atoms with van der Waals surface area (Å²) in [4.78, 5) is 9.31. The Bertz CT molecular complexity index is 214. The SMILES string of the molecule is O=COC(F)(F)C(F)(F)C(F)(F)CF. The van der Waals surface area contributed by atoms with Gasteiger partial charge in [0, 0.05) is 0 Å². The van der Waals surface area contributed by atoms with Crippen molar-refractivity contribution in [2.45, 2.75) is 18.0 Å². The first-order valence-electron chi connectivity index (χ1n) is 2.93. The average molecular weight is 228 g/mol. The number of carbonyl (C=O) groups excluding carboxylic acids is 1. The Hall–Kier alpha value is -1.02. The highest BCUT2D eigenvalue weighted by atomic mass is 19.4. The molecule has 0 aliphatic heterocycles. The Balaban J connectivity index is 5.01. The molecule has 0 N–H and O–H groups in total. The molecule has 0 rings (SSSR count). The van der Waals surface area contributed by atoms with E-state index in [0.717, 1.165) is 0 Å². The molecule has 0 saturated carbocycles. The minimum absolute atomic E-state index is 1.14. The zero-order valence-electron chi connectivity index (χ0n) is 6.25. The van der Waals surface area contributed by atoms with Crippen LogP contribution in [0.15, 0.2) is 0 Å². The standard InChI is InChI=1S/C5H3F7O2/c6-1-3(7,8)4(9,10)5(11,12)14-2-13/h2H,1H2. The number of rotatable bonds is 5. The molecule has 0 aromatic carbocycles. The highest BCUT2D eigenvalue weighted by Crippen LogP contribution is 2.46. The molecule has 0 amide bonds. The zero-order chi connectivity index (χ0) is 11.6. The number of halogens is 7. The molecule has 2 nitrogen and oxygen atoms in total. The molecule has 0 aliphatic rings. The lowest BCUT2D eigenvalue weighted by Crippen LogP contribution is -2.56. The molecule has 0 heterocycles. The largest absolute Gasteiger partial charge is 0.472 e. The quantitative estimate of drug-likeness (QED) is 0.531. The molecule has 9 heteroatoms. The van der Waals surface area contributed by atoms with Crippen LogP contribution in [0.1, 0.15) is 0 Å². The lowest BCUT2D eigenvalue weighted by molar-refractivity contribution is -0.382. The van der Waals surface area contributed by atoms with Gasteiger partial charge < -0.3 is 4.74 Å². The van der Waals surface area contributed by atoms with E-state index in [-0.39, 0.29) is 0 Å². The summed E-state index contributed by atoms with van der Waals surface area (Å²) in [7, 11) is 0. The van der Waals surface area contributed by atoms with Gasteiger partial charge in [-0.15, -0.1) is 0 Å². The first-order valence-corrected chi connectivity index (χ1v) is 2.93. The molecule has 0 aromatic rings. The minimum Gasteiger partial charge on any atom is -0.398 e. The minimum atomic E-state index is -6.10. The Labute approximate surface area is 72.6 Å². The number of carbonyl (C=O) groups is 1. The maximum Gasteiger partial charge on any atom is 0.472 e. The third-order valence-electron chi connectivity index (χ3n) is 1.19. The van der Waals surface area contributed by atoms with Gasteiger partial charge in [0.15, 0.2) is 6.67 Å². The van der Waals surface area contributed by atoms with Crippen LogP contribution in [0.3, 0.4) is 0 Å². The van der Waals surface area contributed by atoms with Gasteiger partial charge >= 0.3 is 18.0 Å². The van der Waals surface area contributed by atoms with Crippen LogP contribution < -0.4 is 0 Å². The second-order valence-corrected chi connectivity index (χ2v) is 2.14.